The zero-order valence-corrected chi connectivity index (χ0v) is 18.0. The van der Waals surface area contributed by atoms with Crippen molar-refractivity contribution in [1.29, 1.82) is 0 Å². The number of aromatic amines is 1. The van der Waals surface area contributed by atoms with Gasteiger partial charge in [-0.2, -0.15) is 0 Å². The van der Waals surface area contributed by atoms with Gasteiger partial charge >= 0.3 is 0 Å². The number of hydrogen-bond donors (Lipinski definition) is 2. The van der Waals surface area contributed by atoms with Gasteiger partial charge in [0.05, 0.1) is 23.8 Å². The van der Waals surface area contributed by atoms with E-state index >= 15 is 0 Å². The van der Waals surface area contributed by atoms with Crippen molar-refractivity contribution in [2.45, 2.75) is 51.7 Å². The Morgan fingerprint density at radius 1 is 1.33 bits per heavy atom. The minimum Gasteiger partial charge on any atom is -0.347 e. The Bertz CT molecular complexity index is 972. The van der Waals surface area contributed by atoms with Crippen molar-refractivity contribution in [2.75, 3.05) is 19.6 Å². The summed E-state index contributed by atoms with van der Waals surface area (Å²) in [6.07, 6.45) is 3.38. The molecule has 0 radical (unpaired) electrons. The first-order chi connectivity index (χ1) is 14.5. The Morgan fingerprint density at radius 3 is 2.97 bits per heavy atom. The van der Waals surface area contributed by atoms with Crippen LogP contribution in [-0.2, 0) is 29.1 Å². The average molecular weight is 430 g/mol. The van der Waals surface area contributed by atoms with Crippen molar-refractivity contribution < 1.29 is 9.59 Å². The van der Waals surface area contributed by atoms with Gasteiger partial charge in [0.2, 0.25) is 11.8 Å². The molecule has 4 heterocycles. The third kappa shape index (κ3) is 4.62. The van der Waals surface area contributed by atoms with Crippen LogP contribution in [0.5, 0.6) is 0 Å². The summed E-state index contributed by atoms with van der Waals surface area (Å²) < 4.78 is 0. The number of carbonyl (C=O) groups is 2. The first-order valence-electron chi connectivity index (χ1n) is 10.4. The maximum atomic E-state index is 12.9. The third-order valence-corrected chi connectivity index (χ3v) is 6.61. The molecule has 0 saturated carbocycles. The molecule has 2 N–H and O–H groups in total. The Balaban J connectivity index is 1.52. The van der Waals surface area contributed by atoms with Crippen LogP contribution in [0.3, 0.4) is 0 Å². The smallest absolute Gasteiger partial charge is 0.255 e. The Kier molecular flexibility index (Phi) is 6.29. The standard InChI is InChI=1S/C21H27N5O3S/c1-14(27)22-11-19(28)26-8-3-2-6-18(26)20-23-17-7-9-25(12-15-5-4-10-30-15)13-16(17)21(29)24-20/h4-5,10,18H,2-3,6-9,11-13H2,1H3,(H,22,27)(H,23,24,29). The molecule has 4 rings (SSSR count). The molecule has 1 saturated heterocycles. The molecule has 1 atom stereocenters. The molecule has 2 aromatic heterocycles. The predicted octanol–water partition coefficient (Wildman–Crippen LogP) is 1.58. The second kappa shape index (κ2) is 9.09. The summed E-state index contributed by atoms with van der Waals surface area (Å²) in [4.78, 5) is 49.8. The molecule has 0 aliphatic carbocycles. The van der Waals surface area contributed by atoms with Crippen LogP contribution in [-0.4, -0.2) is 51.2 Å². The Labute approximate surface area is 179 Å². The molecular formula is C21H27N5O3S. The van der Waals surface area contributed by atoms with Crippen LogP contribution in [0.15, 0.2) is 22.3 Å². The highest BCUT2D eigenvalue weighted by Crippen LogP contribution is 2.29. The first-order valence-corrected chi connectivity index (χ1v) is 11.3. The minimum absolute atomic E-state index is 0.0291. The highest BCUT2D eigenvalue weighted by Gasteiger charge is 2.31. The number of nitrogens with one attached hydrogen (secondary N) is 2. The molecule has 0 bridgehead atoms. The number of carbonyl (C=O) groups excluding carboxylic acids is 2. The van der Waals surface area contributed by atoms with Crippen LogP contribution < -0.4 is 10.9 Å². The monoisotopic (exact) mass is 429 g/mol. The Hall–Kier alpha value is -2.52. The number of nitrogens with zero attached hydrogens (tertiary/aromatic N) is 3. The van der Waals surface area contributed by atoms with Crippen LogP contribution >= 0.6 is 11.3 Å². The van der Waals surface area contributed by atoms with Crippen molar-refractivity contribution in [3.8, 4) is 0 Å². The van der Waals surface area contributed by atoms with Crippen molar-refractivity contribution >= 4 is 23.2 Å². The number of fused-ring (bicyclic) bond motifs is 1. The van der Waals surface area contributed by atoms with Gasteiger partial charge in [0.25, 0.3) is 5.56 Å². The van der Waals surface area contributed by atoms with Crippen LogP contribution in [0.2, 0.25) is 0 Å². The summed E-state index contributed by atoms with van der Waals surface area (Å²) in [5.41, 5.74) is 1.47. The molecule has 0 aromatic carbocycles. The molecule has 0 spiro atoms. The van der Waals surface area contributed by atoms with Crippen LogP contribution in [0.1, 0.15) is 54.2 Å². The van der Waals surface area contributed by atoms with Gasteiger partial charge in [-0.25, -0.2) is 4.98 Å². The zero-order valence-electron chi connectivity index (χ0n) is 17.1. The van der Waals surface area contributed by atoms with Crippen LogP contribution in [0.25, 0.3) is 0 Å². The van der Waals surface area contributed by atoms with Crippen LogP contribution in [0, 0.1) is 0 Å². The molecule has 9 heteroatoms. The average Bonchev–Trinajstić information content (AvgIpc) is 3.25. The highest BCUT2D eigenvalue weighted by molar-refractivity contribution is 7.09. The summed E-state index contributed by atoms with van der Waals surface area (Å²) in [5, 5.41) is 4.64. The Morgan fingerprint density at radius 2 is 2.20 bits per heavy atom. The van der Waals surface area contributed by atoms with E-state index in [1.807, 2.05) is 6.07 Å². The molecule has 8 nitrogen and oxygen atoms in total. The molecular weight excluding hydrogens is 402 g/mol. The van der Waals surface area contributed by atoms with Gasteiger partial charge in [0.1, 0.15) is 5.82 Å². The molecule has 2 aliphatic rings. The second-order valence-electron chi connectivity index (χ2n) is 7.92. The van der Waals surface area contributed by atoms with Gasteiger partial charge in [0.15, 0.2) is 0 Å². The molecule has 1 fully saturated rings. The number of H-pyrrole nitrogens is 1. The third-order valence-electron chi connectivity index (χ3n) is 5.75. The van der Waals surface area contributed by atoms with E-state index in [0.717, 1.165) is 50.0 Å². The van der Waals surface area contributed by atoms with E-state index in [1.54, 1.807) is 16.2 Å². The second-order valence-corrected chi connectivity index (χ2v) is 8.96. The van der Waals surface area contributed by atoms with E-state index in [0.29, 0.717) is 18.9 Å². The first kappa shape index (κ1) is 20.7. The lowest BCUT2D eigenvalue weighted by Gasteiger charge is -2.36. The summed E-state index contributed by atoms with van der Waals surface area (Å²) in [5.74, 6) is 0.197. The summed E-state index contributed by atoms with van der Waals surface area (Å²) in [6, 6.07) is 3.91. The number of rotatable bonds is 5. The van der Waals surface area contributed by atoms with Crippen molar-refractivity contribution in [2.24, 2.45) is 0 Å². The summed E-state index contributed by atoms with van der Waals surface area (Å²) in [7, 11) is 0. The number of thiophene rings is 1. The van der Waals surface area contributed by atoms with Crippen molar-refractivity contribution in [3.63, 3.8) is 0 Å². The van der Waals surface area contributed by atoms with E-state index in [9.17, 15) is 14.4 Å². The van der Waals surface area contributed by atoms with Gasteiger partial charge in [-0.3, -0.25) is 19.3 Å². The van der Waals surface area contributed by atoms with Gasteiger partial charge in [-0.1, -0.05) is 6.07 Å². The van der Waals surface area contributed by atoms with Gasteiger partial charge in [-0.15, -0.1) is 11.3 Å². The molecule has 2 aromatic rings. The van der Waals surface area contributed by atoms with E-state index in [-0.39, 0.29) is 30.0 Å². The zero-order chi connectivity index (χ0) is 21.1. The normalized spacial score (nSPS) is 19.4. The fourth-order valence-corrected chi connectivity index (χ4v) is 4.98. The van der Waals surface area contributed by atoms with Crippen molar-refractivity contribution in [3.05, 3.63) is 49.8 Å². The number of amides is 2. The fraction of sp³-hybridized carbons (Fsp3) is 0.524. The number of aromatic nitrogens is 2. The minimum atomic E-state index is -0.248. The van der Waals surface area contributed by atoms with E-state index in [2.05, 4.69) is 26.6 Å². The summed E-state index contributed by atoms with van der Waals surface area (Å²) >= 11 is 1.73. The number of piperidine rings is 1. The largest absolute Gasteiger partial charge is 0.347 e. The number of likely N-dealkylation sites (tertiary alicyclic amines) is 1. The summed E-state index contributed by atoms with van der Waals surface area (Å²) in [6.45, 7) is 4.26. The lowest BCUT2D eigenvalue weighted by Crippen LogP contribution is -2.45. The lowest BCUT2D eigenvalue weighted by atomic mass is 10.00. The lowest BCUT2D eigenvalue weighted by molar-refractivity contribution is -0.136. The molecule has 30 heavy (non-hydrogen) atoms. The molecule has 160 valence electrons. The van der Waals surface area contributed by atoms with E-state index < -0.39 is 0 Å². The predicted molar refractivity (Wildman–Crippen MR) is 114 cm³/mol. The molecule has 1 unspecified atom stereocenters. The van der Waals surface area contributed by atoms with Crippen LogP contribution in [0.4, 0.5) is 0 Å². The fourth-order valence-electron chi connectivity index (χ4n) is 4.23. The maximum absolute atomic E-state index is 12.9. The van der Waals surface area contributed by atoms with E-state index in [4.69, 9.17) is 4.98 Å². The van der Waals surface area contributed by atoms with Gasteiger partial charge in [0, 0.05) is 44.4 Å². The highest BCUT2D eigenvalue weighted by atomic mass is 32.1. The van der Waals surface area contributed by atoms with Gasteiger partial charge in [-0.05, 0) is 30.7 Å². The van der Waals surface area contributed by atoms with Gasteiger partial charge < -0.3 is 15.2 Å². The molecule has 2 aliphatic heterocycles. The topological polar surface area (TPSA) is 98.4 Å². The maximum Gasteiger partial charge on any atom is 0.255 e. The number of hydrogen-bond acceptors (Lipinski definition) is 6. The quantitative estimate of drug-likeness (QED) is 0.752. The molecule has 2 amide bonds. The van der Waals surface area contributed by atoms with E-state index in [1.165, 1.54) is 11.8 Å². The SMILES string of the molecule is CC(=O)NCC(=O)N1CCCCC1c1nc2c(c(=O)[nH]1)CN(Cc1cccs1)CC2. The van der Waals surface area contributed by atoms with Crippen molar-refractivity contribution in [1.82, 2.24) is 25.1 Å².